The maximum atomic E-state index is 5.50. The highest BCUT2D eigenvalue weighted by molar-refractivity contribution is 5.37. The Morgan fingerprint density at radius 1 is 1.33 bits per heavy atom. The van der Waals surface area contributed by atoms with Gasteiger partial charge >= 0.3 is 0 Å². The van der Waals surface area contributed by atoms with E-state index in [0.717, 1.165) is 24.5 Å². The SMILES string of the molecule is COc1cccc(CCNc2ccnc(N)n2)c1. The number of nitrogens with one attached hydrogen (secondary N) is 1. The van der Waals surface area contributed by atoms with Crippen LogP contribution in [0.4, 0.5) is 11.8 Å². The zero-order valence-corrected chi connectivity index (χ0v) is 10.3. The molecule has 0 fully saturated rings. The second kappa shape index (κ2) is 5.86. The second-order valence-corrected chi connectivity index (χ2v) is 3.83. The summed E-state index contributed by atoms with van der Waals surface area (Å²) < 4.78 is 5.18. The fraction of sp³-hybridized carbons (Fsp3) is 0.231. The number of aromatic nitrogens is 2. The minimum absolute atomic E-state index is 0.279. The minimum Gasteiger partial charge on any atom is -0.497 e. The summed E-state index contributed by atoms with van der Waals surface area (Å²) in [5.74, 6) is 1.89. The second-order valence-electron chi connectivity index (χ2n) is 3.83. The van der Waals surface area contributed by atoms with Crippen LogP contribution in [0.5, 0.6) is 5.75 Å². The molecule has 0 aliphatic heterocycles. The molecule has 5 heteroatoms. The summed E-state index contributed by atoms with van der Waals surface area (Å²) >= 11 is 0. The third-order valence-corrected chi connectivity index (χ3v) is 2.53. The molecule has 0 aliphatic carbocycles. The topological polar surface area (TPSA) is 73.1 Å². The lowest BCUT2D eigenvalue weighted by atomic mass is 10.1. The Morgan fingerprint density at radius 2 is 2.22 bits per heavy atom. The van der Waals surface area contributed by atoms with Gasteiger partial charge in [0, 0.05) is 12.7 Å². The number of nitrogens with zero attached hydrogens (tertiary/aromatic N) is 2. The molecular formula is C13H16N4O. The average molecular weight is 244 g/mol. The van der Waals surface area contributed by atoms with Gasteiger partial charge < -0.3 is 15.8 Å². The molecule has 0 spiro atoms. The highest BCUT2D eigenvalue weighted by Gasteiger charge is 1.98. The molecule has 0 saturated heterocycles. The average Bonchev–Trinajstić information content (AvgIpc) is 2.39. The summed E-state index contributed by atoms with van der Waals surface area (Å²) in [4.78, 5) is 7.91. The smallest absolute Gasteiger partial charge is 0.221 e. The highest BCUT2D eigenvalue weighted by Crippen LogP contribution is 2.13. The molecule has 2 rings (SSSR count). The lowest BCUT2D eigenvalue weighted by Crippen LogP contribution is -2.07. The van der Waals surface area contributed by atoms with Crippen molar-refractivity contribution in [1.82, 2.24) is 9.97 Å². The fourth-order valence-corrected chi connectivity index (χ4v) is 1.64. The van der Waals surface area contributed by atoms with Crippen molar-refractivity contribution in [3.05, 3.63) is 42.1 Å². The summed E-state index contributed by atoms with van der Waals surface area (Å²) in [6, 6.07) is 9.80. The number of hydrogen-bond donors (Lipinski definition) is 2. The van der Waals surface area contributed by atoms with E-state index in [9.17, 15) is 0 Å². The Bertz CT molecular complexity index is 516. The van der Waals surface area contributed by atoms with E-state index in [0.29, 0.717) is 0 Å². The van der Waals surface area contributed by atoms with E-state index in [-0.39, 0.29) is 5.95 Å². The van der Waals surface area contributed by atoms with E-state index in [1.807, 2.05) is 18.2 Å². The Labute approximate surface area is 106 Å². The van der Waals surface area contributed by atoms with Crippen LogP contribution in [0.2, 0.25) is 0 Å². The molecule has 0 amide bonds. The zero-order chi connectivity index (χ0) is 12.8. The van der Waals surface area contributed by atoms with Crippen LogP contribution in [0.15, 0.2) is 36.5 Å². The van der Waals surface area contributed by atoms with Gasteiger partial charge in [-0.2, -0.15) is 4.98 Å². The van der Waals surface area contributed by atoms with Crippen molar-refractivity contribution >= 4 is 11.8 Å². The Hall–Kier alpha value is -2.30. The van der Waals surface area contributed by atoms with Crippen LogP contribution in [-0.2, 0) is 6.42 Å². The van der Waals surface area contributed by atoms with Crippen molar-refractivity contribution in [2.75, 3.05) is 24.7 Å². The van der Waals surface area contributed by atoms with Crippen LogP contribution < -0.4 is 15.8 Å². The Kier molecular flexibility index (Phi) is 3.96. The number of hydrogen-bond acceptors (Lipinski definition) is 5. The van der Waals surface area contributed by atoms with Gasteiger partial charge in [-0.05, 0) is 30.2 Å². The molecule has 0 aliphatic rings. The predicted molar refractivity (Wildman–Crippen MR) is 71.6 cm³/mol. The molecule has 1 aromatic heterocycles. The molecule has 0 bridgehead atoms. The van der Waals surface area contributed by atoms with Crippen LogP contribution in [0.25, 0.3) is 0 Å². The van der Waals surface area contributed by atoms with E-state index in [1.54, 1.807) is 19.4 Å². The predicted octanol–water partition coefficient (Wildman–Crippen LogP) is 1.72. The lowest BCUT2D eigenvalue weighted by molar-refractivity contribution is 0.414. The van der Waals surface area contributed by atoms with Gasteiger partial charge in [-0.3, -0.25) is 0 Å². The van der Waals surface area contributed by atoms with Crippen LogP contribution in [0.3, 0.4) is 0 Å². The molecule has 0 atom stereocenters. The van der Waals surface area contributed by atoms with Gasteiger partial charge in [0.1, 0.15) is 11.6 Å². The van der Waals surface area contributed by atoms with E-state index in [4.69, 9.17) is 10.5 Å². The van der Waals surface area contributed by atoms with Crippen molar-refractivity contribution < 1.29 is 4.74 Å². The van der Waals surface area contributed by atoms with Crippen molar-refractivity contribution in [3.63, 3.8) is 0 Å². The third-order valence-electron chi connectivity index (χ3n) is 2.53. The molecule has 0 radical (unpaired) electrons. The van der Waals surface area contributed by atoms with E-state index >= 15 is 0 Å². The molecule has 1 heterocycles. The van der Waals surface area contributed by atoms with Crippen LogP contribution >= 0.6 is 0 Å². The summed E-state index contributed by atoms with van der Waals surface area (Å²) in [5, 5.41) is 3.20. The Morgan fingerprint density at radius 3 is 3.00 bits per heavy atom. The molecule has 94 valence electrons. The normalized spacial score (nSPS) is 10.1. The first-order chi connectivity index (χ1) is 8.78. The molecule has 5 nitrogen and oxygen atoms in total. The Balaban J connectivity index is 1.88. The number of nitrogens with two attached hydrogens (primary N) is 1. The maximum Gasteiger partial charge on any atom is 0.221 e. The highest BCUT2D eigenvalue weighted by atomic mass is 16.5. The van der Waals surface area contributed by atoms with Crippen molar-refractivity contribution in [1.29, 1.82) is 0 Å². The van der Waals surface area contributed by atoms with Crippen LogP contribution in [0.1, 0.15) is 5.56 Å². The van der Waals surface area contributed by atoms with E-state index in [1.165, 1.54) is 5.56 Å². The van der Waals surface area contributed by atoms with E-state index < -0.39 is 0 Å². The summed E-state index contributed by atoms with van der Waals surface area (Å²) in [6.45, 7) is 0.781. The zero-order valence-electron chi connectivity index (χ0n) is 10.3. The van der Waals surface area contributed by atoms with Crippen LogP contribution in [0, 0.1) is 0 Å². The summed E-state index contributed by atoms with van der Waals surface area (Å²) in [5.41, 5.74) is 6.71. The van der Waals surface area contributed by atoms with Gasteiger partial charge in [0.05, 0.1) is 7.11 Å². The van der Waals surface area contributed by atoms with Gasteiger partial charge in [0.2, 0.25) is 5.95 Å². The van der Waals surface area contributed by atoms with Crippen molar-refractivity contribution in [2.24, 2.45) is 0 Å². The molecule has 0 unspecified atom stereocenters. The number of methoxy groups -OCH3 is 1. The number of rotatable bonds is 5. The molecule has 0 saturated carbocycles. The number of benzene rings is 1. The molecule has 1 aromatic carbocycles. The standard InChI is InChI=1S/C13H16N4O/c1-18-11-4-2-3-10(9-11)5-7-15-12-6-8-16-13(14)17-12/h2-4,6,8-9H,5,7H2,1H3,(H3,14,15,16,17). The lowest BCUT2D eigenvalue weighted by Gasteiger charge is -2.07. The van der Waals surface area contributed by atoms with Crippen LogP contribution in [-0.4, -0.2) is 23.6 Å². The monoisotopic (exact) mass is 244 g/mol. The first kappa shape index (κ1) is 12.2. The molecule has 2 aromatic rings. The van der Waals surface area contributed by atoms with Gasteiger partial charge in [-0.25, -0.2) is 4.98 Å². The minimum atomic E-state index is 0.279. The largest absolute Gasteiger partial charge is 0.497 e. The van der Waals surface area contributed by atoms with Gasteiger partial charge in [-0.15, -0.1) is 0 Å². The van der Waals surface area contributed by atoms with Gasteiger partial charge in [0.25, 0.3) is 0 Å². The van der Waals surface area contributed by atoms with Gasteiger partial charge in [-0.1, -0.05) is 12.1 Å². The number of ether oxygens (including phenoxy) is 1. The van der Waals surface area contributed by atoms with E-state index in [2.05, 4.69) is 21.4 Å². The first-order valence-corrected chi connectivity index (χ1v) is 5.73. The quantitative estimate of drug-likeness (QED) is 0.837. The molecule has 18 heavy (non-hydrogen) atoms. The molecule has 3 N–H and O–H groups in total. The van der Waals surface area contributed by atoms with Crippen molar-refractivity contribution in [3.8, 4) is 5.75 Å². The number of nitrogen functional groups attached to an aromatic ring is 1. The number of anilines is 2. The van der Waals surface area contributed by atoms with Gasteiger partial charge in [0.15, 0.2) is 0 Å². The summed E-state index contributed by atoms with van der Waals surface area (Å²) in [6.07, 6.45) is 2.53. The summed E-state index contributed by atoms with van der Waals surface area (Å²) in [7, 11) is 1.67. The van der Waals surface area contributed by atoms with Crippen molar-refractivity contribution in [2.45, 2.75) is 6.42 Å². The first-order valence-electron chi connectivity index (χ1n) is 5.73. The third kappa shape index (κ3) is 3.35. The fourth-order valence-electron chi connectivity index (χ4n) is 1.64. The molecular weight excluding hydrogens is 228 g/mol. The maximum absolute atomic E-state index is 5.50.